The van der Waals surface area contributed by atoms with Gasteiger partial charge in [0.25, 0.3) is 0 Å². The Kier molecular flexibility index (Phi) is 3.96. The maximum absolute atomic E-state index is 9.15. The second-order valence-corrected chi connectivity index (χ2v) is 3.54. The van der Waals surface area contributed by atoms with Gasteiger partial charge >= 0.3 is 0 Å². The molecule has 0 heterocycles. The lowest BCUT2D eigenvalue weighted by Crippen LogP contribution is -1.96. The van der Waals surface area contributed by atoms with Crippen molar-refractivity contribution in [3.05, 3.63) is 29.3 Å². The van der Waals surface area contributed by atoms with Crippen LogP contribution in [0.5, 0.6) is 5.75 Å². The summed E-state index contributed by atoms with van der Waals surface area (Å²) < 4.78 is 5.14. The number of benzene rings is 1. The standard InChI is InChI=1S/C12H18O2/c1-4-9(2)10-5-6-12(14-3)11(7-10)8-13/h5-7,9,13H,4,8H2,1-3H3. The molecule has 1 aromatic rings. The third-order valence-corrected chi connectivity index (χ3v) is 2.66. The van der Waals surface area contributed by atoms with Gasteiger partial charge in [-0.2, -0.15) is 0 Å². The quantitative estimate of drug-likeness (QED) is 0.798. The van der Waals surface area contributed by atoms with Crippen LogP contribution >= 0.6 is 0 Å². The number of hydrogen-bond acceptors (Lipinski definition) is 2. The monoisotopic (exact) mass is 194 g/mol. The van der Waals surface area contributed by atoms with E-state index in [0.717, 1.165) is 17.7 Å². The Bertz CT molecular complexity index is 294. The first-order chi connectivity index (χ1) is 6.72. The molecule has 78 valence electrons. The largest absolute Gasteiger partial charge is 0.496 e. The average Bonchev–Trinajstić information content (AvgIpc) is 2.26. The molecule has 0 aliphatic heterocycles. The zero-order valence-corrected chi connectivity index (χ0v) is 9.08. The summed E-state index contributed by atoms with van der Waals surface area (Å²) in [5, 5.41) is 9.15. The number of ether oxygens (including phenoxy) is 1. The molecule has 14 heavy (non-hydrogen) atoms. The van der Waals surface area contributed by atoms with E-state index in [0.29, 0.717) is 5.92 Å². The second-order valence-electron chi connectivity index (χ2n) is 3.54. The Morgan fingerprint density at radius 1 is 1.43 bits per heavy atom. The van der Waals surface area contributed by atoms with Gasteiger partial charge in [-0.25, -0.2) is 0 Å². The van der Waals surface area contributed by atoms with E-state index in [1.807, 2.05) is 12.1 Å². The van der Waals surface area contributed by atoms with Gasteiger partial charge in [0.2, 0.25) is 0 Å². The third-order valence-electron chi connectivity index (χ3n) is 2.66. The highest BCUT2D eigenvalue weighted by atomic mass is 16.5. The minimum absolute atomic E-state index is 0.0352. The first-order valence-electron chi connectivity index (χ1n) is 5.00. The Hall–Kier alpha value is -1.02. The van der Waals surface area contributed by atoms with Crippen molar-refractivity contribution in [2.75, 3.05) is 7.11 Å². The van der Waals surface area contributed by atoms with E-state index in [4.69, 9.17) is 9.84 Å². The van der Waals surface area contributed by atoms with Crippen LogP contribution in [-0.4, -0.2) is 12.2 Å². The van der Waals surface area contributed by atoms with Gasteiger partial charge in [0.05, 0.1) is 13.7 Å². The molecule has 1 aromatic carbocycles. The van der Waals surface area contributed by atoms with E-state index < -0.39 is 0 Å². The van der Waals surface area contributed by atoms with Crippen LogP contribution < -0.4 is 4.74 Å². The molecule has 0 aromatic heterocycles. The van der Waals surface area contributed by atoms with E-state index in [2.05, 4.69) is 19.9 Å². The summed E-state index contributed by atoms with van der Waals surface area (Å²) in [6, 6.07) is 6.01. The Morgan fingerprint density at radius 3 is 2.64 bits per heavy atom. The number of methoxy groups -OCH3 is 1. The fourth-order valence-electron chi connectivity index (χ4n) is 1.46. The molecule has 1 rings (SSSR count). The van der Waals surface area contributed by atoms with Crippen LogP contribution in [-0.2, 0) is 6.61 Å². The lowest BCUT2D eigenvalue weighted by Gasteiger charge is -2.12. The molecule has 0 aliphatic carbocycles. The van der Waals surface area contributed by atoms with Crippen molar-refractivity contribution >= 4 is 0 Å². The topological polar surface area (TPSA) is 29.5 Å². The summed E-state index contributed by atoms with van der Waals surface area (Å²) in [6.07, 6.45) is 1.11. The molecule has 0 saturated heterocycles. The van der Waals surface area contributed by atoms with Crippen LogP contribution in [0.15, 0.2) is 18.2 Å². The molecule has 0 aliphatic rings. The van der Waals surface area contributed by atoms with E-state index in [1.165, 1.54) is 5.56 Å². The molecule has 0 saturated carbocycles. The first-order valence-corrected chi connectivity index (χ1v) is 5.00. The van der Waals surface area contributed by atoms with Gasteiger partial charge in [-0.15, -0.1) is 0 Å². The van der Waals surface area contributed by atoms with Crippen molar-refractivity contribution in [1.82, 2.24) is 0 Å². The van der Waals surface area contributed by atoms with Gasteiger partial charge in [-0.3, -0.25) is 0 Å². The minimum Gasteiger partial charge on any atom is -0.496 e. The SMILES string of the molecule is CCC(C)c1ccc(OC)c(CO)c1. The maximum atomic E-state index is 9.15. The maximum Gasteiger partial charge on any atom is 0.124 e. The molecular formula is C12H18O2. The van der Waals surface area contributed by atoms with E-state index in [9.17, 15) is 0 Å². The highest BCUT2D eigenvalue weighted by molar-refractivity contribution is 5.37. The van der Waals surface area contributed by atoms with Crippen LogP contribution in [0.25, 0.3) is 0 Å². The zero-order valence-electron chi connectivity index (χ0n) is 9.08. The molecule has 0 spiro atoms. The summed E-state index contributed by atoms with van der Waals surface area (Å²) >= 11 is 0. The molecule has 0 radical (unpaired) electrons. The van der Waals surface area contributed by atoms with Crippen molar-refractivity contribution in [2.45, 2.75) is 32.8 Å². The smallest absolute Gasteiger partial charge is 0.124 e. The average molecular weight is 194 g/mol. The normalized spacial score (nSPS) is 12.6. The van der Waals surface area contributed by atoms with Gasteiger partial charge in [-0.05, 0) is 30.0 Å². The third kappa shape index (κ3) is 2.26. The summed E-state index contributed by atoms with van der Waals surface area (Å²) in [5.74, 6) is 1.30. The molecule has 2 nitrogen and oxygen atoms in total. The molecule has 1 unspecified atom stereocenters. The predicted molar refractivity (Wildman–Crippen MR) is 57.6 cm³/mol. The van der Waals surface area contributed by atoms with E-state index >= 15 is 0 Å². The van der Waals surface area contributed by atoms with Crippen LogP contribution in [0.4, 0.5) is 0 Å². The number of rotatable bonds is 4. The van der Waals surface area contributed by atoms with Crippen LogP contribution in [0.2, 0.25) is 0 Å². The van der Waals surface area contributed by atoms with Gasteiger partial charge in [-0.1, -0.05) is 19.9 Å². The molecular weight excluding hydrogens is 176 g/mol. The molecule has 0 bridgehead atoms. The summed E-state index contributed by atoms with van der Waals surface area (Å²) in [7, 11) is 1.62. The lowest BCUT2D eigenvalue weighted by atomic mass is 9.96. The summed E-state index contributed by atoms with van der Waals surface area (Å²) in [6.45, 7) is 4.38. The van der Waals surface area contributed by atoms with E-state index in [1.54, 1.807) is 7.11 Å². The molecule has 0 amide bonds. The van der Waals surface area contributed by atoms with Crippen LogP contribution in [0.1, 0.15) is 37.3 Å². The zero-order chi connectivity index (χ0) is 10.6. The molecule has 2 heteroatoms. The Balaban J connectivity index is 3.01. The fourth-order valence-corrected chi connectivity index (χ4v) is 1.46. The minimum atomic E-state index is 0.0352. The van der Waals surface area contributed by atoms with Gasteiger partial charge in [0.15, 0.2) is 0 Å². The van der Waals surface area contributed by atoms with Gasteiger partial charge in [0.1, 0.15) is 5.75 Å². The highest BCUT2D eigenvalue weighted by Crippen LogP contribution is 2.25. The summed E-state index contributed by atoms with van der Waals surface area (Å²) in [5.41, 5.74) is 2.13. The second kappa shape index (κ2) is 5.01. The fraction of sp³-hybridized carbons (Fsp3) is 0.500. The van der Waals surface area contributed by atoms with Crippen molar-refractivity contribution in [3.8, 4) is 5.75 Å². The van der Waals surface area contributed by atoms with Crippen LogP contribution in [0, 0.1) is 0 Å². The molecule has 0 fully saturated rings. The highest BCUT2D eigenvalue weighted by Gasteiger charge is 2.07. The number of hydrogen-bond donors (Lipinski definition) is 1. The van der Waals surface area contributed by atoms with E-state index in [-0.39, 0.29) is 6.61 Å². The van der Waals surface area contributed by atoms with Gasteiger partial charge in [0, 0.05) is 5.56 Å². The number of aliphatic hydroxyl groups is 1. The Labute approximate surface area is 85.5 Å². The van der Waals surface area contributed by atoms with Crippen molar-refractivity contribution in [3.63, 3.8) is 0 Å². The summed E-state index contributed by atoms with van der Waals surface area (Å²) in [4.78, 5) is 0. The lowest BCUT2D eigenvalue weighted by molar-refractivity contribution is 0.273. The Morgan fingerprint density at radius 2 is 2.14 bits per heavy atom. The van der Waals surface area contributed by atoms with Gasteiger partial charge < -0.3 is 9.84 Å². The predicted octanol–water partition coefficient (Wildman–Crippen LogP) is 2.70. The van der Waals surface area contributed by atoms with Crippen molar-refractivity contribution in [2.24, 2.45) is 0 Å². The number of aliphatic hydroxyl groups excluding tert-OH is 1. The first kappa shape index (κ1) is 11.1. The van der Waals surface area contributed by atoms with Crippen LogP contribution in [0.3, 0.4) is 0 Å². The molecule has 1 atom stereocenters. The van der Waals surface area contributed by atoms with Crippen molar-refractivity contribution < 1.29 is 9.84 Å². The van der Waals surface area contributed by atoms with Crippen molar-refractivity contribution in [1.29, 1.82) is 0 Å². The molecule has 1 N–H and O–H groups in total.